The van der Waals surface area contributed by atoms with Gasteiger partial charge in [-0.25, -0.2) is 4.79 Å². The van der Waals surface area contributed by atoms with Crippen molar-refractivity contribution in [1.29, 1.82) is 0 Å². The molecule has 0 radical (unpaired) electrons. The average molecular weight is 301 g/mol. The lowest BCUT2D eigenvalue weighted by Crippen LogP contribution is -3.14. The molecule has 2 heterocycles. The SMILES string of the molecule is CC(=NCC[NH+]1CCOCC1)c1cc2ccccc2oc1=O. The molecule has 1 saturated heterocycles. The van der Waals surface area contributed by atoms with E-state index in [0.29, 0.717) is 17.7 Å². The molecule has 22 heavy (non-hydrogen) atoms. The van der Waals surface area contributed by atoms with Crippen LogP contribution in [0.3, 0.4) is 0 Å². The summed E-state index contributed by atoms with van der Waals surface area (Å²) in [5.41, 5.74) is 1.59. The summed E-state index contributed by atoms with van der Waals surface area (Å²) < 4.78 is 10.7. The standard InChI is InChI=1S/C17H20N2O3/c1-13(18-6-7-19-8-10-21-11-9-19)15-12-14-4-2-3-5-16(14)22-17(15)20/h2-5,12H,6-11H2,1H3/p+1. The summed E-state index contributed by atoms with van der Waals surface area (Å²) >= 11 is 0. The summed E-state index contributed by atoms with van der Waals surface area (Å²) in [6.45, 7) is 7.28. The molecule has 1 aromatic carbocycles. The molecule has 5 heteroatoms. The lowest BCUT2D eigenvalue weighted by molar-refractivity contribution is -0.906. The van der Waals surface area contributed by atoms with Gasteiger partial charge in [0.05, 0.1) is 31.9 Å². The lowest BCUT2D eigenvalue weighted by Gasteiger charge is -2.22. The van der Waals surface area contributed by atoms with Crippen LogP contribution in [0.1, 0.15) is 12.5 Å². The summed E-state index contributed by atoms with van der Waals surface area (Å²) in [7, 11) is 0. The summed E-state index contributed by atoms with van der Waals surface area (Å²) in [6.07, 6.45) is 0. The van der Waals surface area contributed by atoms with E-state index in [-0.39, 0.29) is 5.63 Å². The van der Waals surface area contributed by atoms with E-state index < -0.39 is 0 Å². The third-order valence-electron chi connectivity index (χ3n) is 4.05. The van der Waals surface area contributed by atoms with Crippen molar-refractivity contribution in [1.82, 2.24) is 0 Å². The lowest BCUT2D eigenvalue weighted by atomic mass is 10.1. The molecule has 0 bridgehead atoms. The van der Waals surface area contributed by atoms with Gasteiger partial charge in [-0.2, -0.15) is 0 Å². The second-order valence-electron chi connectivity index (χ2n) is 5.56. The van der Waals surface area contributed by atoms with Crippen LogP contribution in [0.5, 0.6) is 0 Å². The monoisotopic (exact) mass is 301 g/mol. The smallest absolute Gasteiger partial charge is 0.345 e. The highest BCUT2D eigenvalue weighted by molar-refractivity contribution is 6.00. The molecule has 0 unspecified atom stereocenters. The van der Waals surface area contributed by atoms with Crippen molar-refractivity contribution >= 4 is 16.7 Å². The van der Waals surface area contributed by atoms with Crippen molar-refractivity contribution < 1.29 is 14.1 Å². The van der Waals surface area contributed by atoms with Gasteiger partial charge >= 0.3 is 5.63 Å². The van der Waals surface area contributed by atoms with Crippen molar-refractivity contribution in [2.45, 2.75) is 6.92 Å². The average Bonchev–Trinajstić information content (AvgIpc) is 2.55. The van der Waals surface area contributed by atoms with Crippen LogP contribution < -0.4 is 10.5 Å². The van der Waals surface area contributed by atoms with E-state index in [1.807, 2.05) is 31.2 Å². The van der Waals surface area contributed by atoms with Gasteiger partial charge in [0.15, 0.2) is 0 Å². The molecule has 0 amide bonds. The molecule has 0 spiro atoms. The molecule has 0 atom stereocenters. The van der Waals surface area contributed by atoms with Crippen LogP contribution in [0.25, 0.3) is 11.0 Å². The Morgan fingerprint density at radius 1 is 1.27 bits per heavy atom. The number of rotatable bonds is 4. The second kappa shape index (κ2) is 6.85. The number of para-hydroxylation sites is 1. The number of hydrogen-bond acceptors (Lipinski definition) is 4. The minimum Gasteiger partial charge on any atom is -0.422 e. The summed E-state index contributed by atoms with van der Waals surface area (Å²) in [4.78, 5) is 18.1. The Balaban J connectivity index is 1.73. The predicted octanol–water partition coefficient (Wildman–Crippen LogP) is 0.517. The van der Waals surface area contributed by atoms with E-state index in [0.717, 1.165) is 43.9 Å². The van der Waals surface area contributed by atoms with Crippen LogP contribution in [0, 0.1) is 0 Å². The Morgan fingerprint density at radius 2 is 2.05 bits per heavy atom. The molecule has 0 aliphatic carbocycles. The van der Waals surface area contributed by atoms with Crippen molar-refractivity contribution in [3.05, 3.63) is 46.3 Å². The zero-order chi connectivity index (χ0) is 15.4. The Labute approximate surface area is 129 Å². The number of hydrogen-bond donors (Lipinski definition) is 1. The molecule has 0 saturated carbocycles. The second-order valence-corrected chi connectivity index (χ2v) is 5.56. The minimum atomic E-state index is -0.321. The van der Waals surface area contributed by atoms with Crippen LogP contribution in [0.2, 0.25) is 0 Å². The number of aliphatic imine (C=N–C) groups is 1. The molecule has 2 aromatic rings. The molecule has 116 valence electrons. The first-order valence-corrected chi connectivity index (χ1v) is 7.69. The highest BCUT2D eigenvalue weighted by Crippen LogP contribution is 2.12. The van der Waals surface area contributed by atoms with Gasteiger partial charge in [0.1, 0.15) is 18.7 Å². The van der Waals surface area contributed by atoms with E-state index in [1.54, 1.807) is 6.07 Å². The zero-order valence-electron chi connectivity index (χ0n) is 12.8. The summed E-state index contributed by atoms with van der Waals surface area (Å²) in [6, 6.07) is 9.39. The number of benzene rings is 1. The number of quaternary nitrogens is 1. The highest BCUT2D eigenvalue weighted by atomic mass is 16.5. The van der Waals surface area contributed by atoms with Crippen LogP contribution >= 0.6 is 0 Å². The first-order valence-electron chi connectivity index (χ1n) is 7.69. The number of nitrogens with one attached hydrogen (secondary N) is 1. The number of morpholine rings is 1. The van der Waals surface area contributed by atoms with Gasteiger partial charge < -0.3 is 14.1 Å². The predicted molar refractivity (Wildman–Crippen MR) is 85.9 cm³/mol. The van der Waals surface area contributed by atoms with Gasteiger partial charge in [-0.3, -0.25) is 4.99 Å². The third-order valence-corrected chi connectivity index (χ3v) is 4.05. The molecule has 3 rings (SSSR count). The van der Waals surface area contributed by atoms with Gasteiger partial charge in [-0.15, -0.1) is 0 Å². The van der Waals surface area contributed by atoms with E-state index in [2.05, 4.69) is 4.99 Å². The van der Waals surface area contributed by atoms with Crippen LogP contribution in [0.4, 0.5) is 0 Å². The zero-order valence-corrected chi connectivity index (χ0v) is 12.8. The maximum Gasteiger partial charge on any atom is 0.345 e. The fourth-order valence-electron chi connectivity index (χ4n) is 2.69. The van der Waals surface area contributed by atoms with Gasteiger partial charge in [-0.05, 0) is 19.1 Å². The number of ether oxygens (including phenoxy) is 1. The minimum absolute atomic E-state index is 0.321. The van der Waals surface area contributed by atoms with Crippen molar-refractivity contribution in [2.24, 2.45) is 4.99 Å². The van der Waals surface area contributed by atoms with Gasteiger partial charge in [0.2, 0.25) is 0 Å². The van der Waals surface area contributed by atoms with Crippen molar-refractivity contribution in [2.75, 3.05) is 39.4 Å². The Bertz CT molecular complexity index is 730. The number of nitrogens with zero attached hydrogens (tertiary/aromatic N) is 1. The fourth-order valence-corrected chi connectivity index (χ4v) is 2.69. The molecule has 1 N–H and O–H groups in total. The van der Waals surface area contributed by atoms with Crippen molar-refractivity contribution in [3.8, 4) is 0 Å². The maximum absolute atomic E-state index is 12.1. The highest BCUT2D eigenvalue weighted by Gasteiger charge is 2.13. The topological polar surface area (TPSA) is 56.2 Å². The first kappa shape index (κ1) is 14.9. The van der Waals surface area contributed by atoms with Crippen LogP contribution in [-0.2, 0) is 4.74 Å². The molecule has 1 aromatic heterocycles. The summed E-state index contributed by atoms with van der Waals surface area (Å²) in [5.74, 6) is 0. The molecule has 1 fully saturated rings. The van der Waals surface area contributed by atoms with Crippen LogP contribution in [0.15, 0.2) is 44.5 Å². The fraction of sp³-hybridized carbons (Fsp3) is 0.412. The van der Waals surface area contributed by atoms with E-state index in [1.165, 1.54) is 4.90 Å². The number of fused-ring (bicyclic) bond motifs is 1. The maximum atomic E-state index is 12.1. The van der Waals surface area contributed by atoms with Gasteiger partial charge in [0, 0.05) is 11.1 Å². The van der Waals surface area contributed by atoms with E-state index in [4.69, 9.17) is 9.15 Å². The van der Waals surface area contributed by atoms with Gasteiger partial charge in [0.25, 0.3) is 0 Å². The first-order chi connectivity index (χ1) is 10.7. The summed E-state index contributed by atoms with van der Waals surface area (Å²) in [5, 5.41) is 0.922. The molecule has 1 aliphatic heterocycles. The van der Waals surface area contributed by atoms with Gasteiger partial charge in [-0.1, -0.05) is 18.2 Å². The van der Waals surface area contributed by atoms with E-state index >= 15 is 0 Å². The van der Waals surface area contributed by atoms with Crippen molar-refractivity contribution in [3.63, 3.8) is 0 Å². The molecular formula is C17H21N2O3+. The molecular weight excluding hydrogens is 280 g/mol. The largest absolute Gasteiger partial charge is 0.422 e. The quantitative estimate of drug-likeness (QED) is 0.661. The Morgan fingerprint density at radius 3 is 2.86 bits per heavy atom. The normalized spacial score (nSPS) is 17.0. The Hall–Kier alpha value is -1.98. The van der Waals surface area contributed by atoms with E-state index in [9.17, 15) is 4.79 Å². The molecule has 5 nitrogen and oxygen atoms in total. The third kappa shape index (κ3) is 3.43. The Kier molecular flexibility index (Phi) is 4.65. The molecule has 1 aliphatic rings. The van der Waals surface area contributed by atoms with Crippen LogP contribution in [-0.4, -0.2) is 45.1 Å².